The second kappa shape index (κ2) is 5.75. The molecule has 0 saturated carbocycles. The monoisotopic (exact) mass is 270 g/mol. The van der Waals surface area contributed by atoms with Crippen molar-refractivity contribution in [1.82, 2.24) is 19.7 Å². The van der Waals surface area contributed by atoms with Gasteiger partial charge in [-0.25, -0.2) is 0 Å². The number of aryl methyl sites for hydroxylation is 2. The van der Waals surface area contributed by atoms with Crippen LogP contribution in [0, 0.1) is 13.8 Å². The van der Waals surface area contributed by atoms with Crippen LogP contribution >= 0.6 is 0 Å². The zero-order valence-electron chi connectivity index (χ0n) is 12.3. The van der Waals surface area contributed by atoms with Gasteiger partial charge in [0.25, 0.3) is 0 Å². The van der Waals surface area contributed by atoms with Crippen LogP contribution in [0.15, 0.2) is 30.6 Å². The predicted molar refractivity (Wildman–Crippen MR) is 79.5 cm³/mol. The average molecular weight is 270 g/mol. The van der Waals surface area contributed by atoms with Crippen LogP contribution in [-0.2, 0) is 6.54 Å². The van der Waals surface area contributed by atoms with Gasteiger partial charge in [0.05, 0.1) is 12.2 Å². The molecule has 1 fully saturated rings. The molecular weight excluding hydrogens is 248 g/mol. The Balaban J connectivity index is 1.66. The van der Waals surface area contributed by atoms with Gasteiger partial charge < -0.3 is 0 Å². The standard InChI is InChI=1S/C16H22N4/c1-13-11-14(2)20(18-13)10-9-19-8-4-6-16(19)15-5-3-7-17-12-15/h3,5,7,11-12,16H,4,6,8-10H2,1-2H3. The van der Waals surface area contributed by atoms with E-state index in [-0.39, 0.29) is 0 Å². The fourth-order valence-electron chi connectivity index (χ4n) is 3.17. The topological polar surface area (TPSA) is 34.0 Å². The second-order valence-corrected chi connectivity index (χ2v) is 5.63. The molecule has 2 aromatic heterocycles. The number of likely N-dealkylation sites (tertiary alicyclic amines) is 1. The van der Waals surface area contributed by atoms with Gasteiger partial charge in [-0.1, -0.05) is 6.07 Å². The molecule has 0 spiro atoms. The van der Waals surface area contributed by atoms with Crippen LogP contribution in [0.4, 0.5) is 0 Å². The molecule has 4 nitrogen and oxygen atoms in total. The molecular formula is C16H22N4. The molecule has 0 aromatic carbocycles. The first-order valence-electron chi connectivity index (χ1n) is 7.39. The molecule has 3 heterocycles. The van der Waals surface area contributed by atoms with Crippen molar-refractivity contribution in [2.75, 3.05) is 13.1 Å². The van der Waals surface area contributed by atoms with Gasteiger partial charge in [0.1, 0.15) is 0 Å². The Bertz CT molecular complexity index is 561. The zero-order valence-corrected chi connectivity index (χ0v) is 12.3. The normalized spacial score (nSPS) is 19.6. The van der Waals surface area contributed by atoms with Crippen LogP contribution in [0.3, 0.4) is 0 Å². The van der Waals surface area contributed by atoms with Gasteiger partial charge in [0.2, 0.25) is 0 Å². The van der Waals surface area contributed by atoms with Crippen molar-refractivity contribution in [3.05, 3.63) is 47.5 Å². The third-order valence-electron chi connectivity index (χ3n) is 4.14. The quantitative estimate of drug-likeness (QED) is 0.856. The van der Waals surface area contributed by atoms with E-state index >= 15 is 0 Å². The SMILES string of the molecule is Cc1cc(C)n(CCN2CCCC2c2cccnc2)n1. The van der Waals surface area contributed by atoms with Crippen LogP contribution < -0.4 is 0 Å². The Morgan fingerprint density at radius 3 is 2.90 bits per heavy atom. The maximum Gasteiger partial charge on any atom is 0.0596 e. The average Bonchev–Trinajstić information content (AvgIpc) is 3.04. The van der Waals surface area contributed by atoms with Crippen molar-refractivity contribution in [1.29, 1.82) is 0 Å². The fraction of sp³-hybridized carbons (Fsp3) is 0.500. The van der Waals surface area contributed by atoms with Crippen LogP contribution in [0.5, 0.6) is 0 Å². The summed E-state index contributed by atoms with van der Waals surface area (Å²) in [4.78, 5) is 6.82. The minimum Gasteiger partial charge on any atom is -0.294 e. The highest BCUT2D eigenvalue weighted by atomic mass is 15.3. The maximum atomic E-state index is 4.55. The van der Waals surface area contributed by atoms with E-state index in [4.69, 9.17) is 0 Å². The third-order valence-corrected chi connectivity index (χ3v) is 4.14. The summed E-state index contributed by atoms with van der Waals surface area (Å²) < 4.78 is 2.12. The van der Waals surface area contributed by atoms with E-state index in [9.17, 15) is 0 Å². The zero-order chi connectivity index (χ0) is 13.9. The first-order chi connectivity index (χ1) is 9.74. The molecule has 1 saturated heterocycles. The molecule has 1 atom stereocenters. The minimum atomic E-state index is 0.528. The lowest BCUT2D eigenvalue weighted by molar-refractivity contribution is 0.241. The van der Waals surface area contributed by atoms with Crippen molar-refractivity contribution in [2.45, 2.75) is 39.3 Å². The summed E-state index contributed by atoms with van der Waals surface area (Å²) in [5.74, 6) is 0. The number of rotatable bonds is 4. The first-order valence-corrected chi connectivity index (χ1v) is 7.39. The Morgan fingerprint density at radius 2 is 2.20 bits per heavy atom. The van der Waals surface area contributed by atoms with Crippen LogP contribution in [0.25, 0.3) is 0 Å². The summed E-state index contributed by atoms with van der Waals surface area (Å²) in [6.45, 7) is 7.39. The minimum absolute atomic E-state index is 0.528. The Kier molecular flexibility index (Phi) is 3.83. The van der Waals surface area contributed by atoms with Crippen molar-refractivity contribution in [3.63, 3.8) is 0 Å². The number of hydrogen-bond acceptors (Lipinski definition) is 3. The molecule has 3 rings (SSSR count). The van der Waals surface area contributed by atoms with Crippen molar-refractivity contribution in [2.24, 2.45) is 0 Å². The van der Waals surface area contributed by atoms with E-state index in [0.29, 0.717) is 6.04 Å². The predicted octanol–water partition coefficient (Wildman–Crippen LogP) is 2.73. The molecule has 0 radical (unpaired) electrons. The highest BCUT2D eigenvalue weighted by Crippen LogP contribution is 2.30. The molecule has 4 heteroatoms. The molecule has 1 unspecified atom stereocenters. The summed E-state index contributed by atoms with van der Waals surface area (Å²) in [5.41, 5.74) is 3.70. The van der Waals surface area contributed by atoms with Gasteiger partial charge in [-0.05, 0) is 50.9 Å². The summed E-state index contributed by atoms with van der Waals surface area (Å²) in [6, 6.07) is 6.90. The van der Waals surface area contributed by atoms with E-state index in [1.807, 2.05) is 18.5 Å². The summed E-state index contributed by atoms with van der Waals surface area (Å²) in [6.07, 6.45) is 6.37. The van der Waals surface area contributed by atoms with Crippen molar-refractivity contribution in [3.8, 4) is 0 Å². The molecule has 1 aliphatic heterocycles. The summed E-state index contributed by atoms with van der Waals surface area (Å²) >= 11 is 0. The van der Waals surface area contributed by atoms with Crippen molar-refractivity contribution < 1.29 is 0 Å². The molecule has 106 valence electrons. The van der Waals surface area contributed by atoms with Gasteiger partial charge in [-0.3, -0.25) is 14.6 Å². The number of aromatic nitrogens is 3. The van der Waals surface area contributed by atoms with E-state index < -0.39 is 0 Å². The Labute approximate surface area is 120 Å². The van der Waals surface area contributed by atoms with Gasteiger partial charge in [0, 0.05) is 30.7 Å². The van der Waals surface area contributed by atoms with Gasteiger partial charge in [0.15, 0.2) is 0 Å². The highest BCUT2D eigenvalue weighted by Gasteiger charge is 2.25. The highest BCUT2D eigenvalue weighted by molar-refractivity contribution is 5.15. The molecule has 0 amide bonds. The molecule has 0 aliphatic carbocycles. The lowest BCUT2D eigenvalue weighted by atomic mass is 10.1. The number of pyridine rings is 1. The smallest absolute Gasteiger partial charge is 0.0596 e. The molecule has 2 aromatic rings. The third kappa shape index (κ3) is 2.75. The summed E-state index contributed by atoms with van der Waals surface area (Å²) in [5, 5.41) is 4.55. The second-order valence-electron chi connectivity index (χ2n) is 5.63. The van der Waals surface area contributed by atoms with Crippen LogP contribution in [-0.4, -0.2) is 32.8 Å². The first kappa shape index (κ1) is 13.3. The lowest BCUT2D eigenvalue weighted by Gasteiger charge is -2.24. The number of nitrogens with zero attached hydrogens (tertiary/aromatic N) is 4. The molecule has 0 N–H and O–H groups in total. The van der Waals surface area contributed by atoms with E-state index in [2.05, 4.69) is 45.6 Å². The summed E-state index contributed by atoms with van der Waals surface area (Å²) in [7, 11) is 0. The van der Waals surface area contributed by atoms with Crippen LogP contribution in [0.2, 0.25) is 0 Å². The van der Waals surface area contributed by atoms with Gasteiger partial charge in [-0.15, -0.1) is 0 Å². The Hall–Kier alpha value is -1.68. The van der Waals surface area contributed by atoms with E-state index in [0.717, 1.165) is 18.8 Å². The molecule has 1 aliphatic rings. The van der Waals surface area contributed by atoms with E-state index in [1.54, 1.807) is 0 Å². The Morgan fingerprint density at radius 1 is 1.30 bits per heavy atom. The molecule has 20 heavy (non-hydrogen) atoms. The largest absolute Gasteiger partial charge is 0.294 e. The maximum absolute atomic E-state index is 4.55. The van der Waals surface area contributed by atoms with Crippen molar-refractivity contribution >= 4 is 0 Å². The fourth-order valence-corrected chi connectivity index (χ4v) is 3.17. The van der Waals surface area contributed by atoms with Crippen LogP contribution in [0.1, 0.15) is 35.8 Å². The molecule has 0 bridgehead atoms. The number of hydrogen-bond donors (Lipinski definition) is 0. The van der Waals surface area contributed by atoms with Gasteiger partial charge in [-0.2, -0.15) is 5.10 Å². The van der Waals surface area contributed by atoms with Gasteiger partial charge >= 0.3 is 0 Å². The lowest BCUT2D eigenvalue weighted by Crippen LogP contribution is -2.27. The van der Waals surface area contributed by atoms with E-state index in [1.165, 1.54) is 30.6 Å².